The second kappa shape index (κ2) is 6.67. The van der Waals surface area contributed by atoms with E-state index in [9.17, 15) is 4.79 Å². The van der Waals surface area contributed by atoms with Gasteiger partial charge in [-0.3, -0.25) is 0 Å². The summed E-state index contributed by atoms with van der Waals surface area (Å²) in [5.41, 5.74) is 1.26. The van der Waals surface area contributed by atoms with E-state index in [4.69, 9.17) is 10.6 Å². The van der Waals surface area contributed by atoms with Gasteiger partial charge in [-0.25, -0.2) is 15.6 Å². The summed E-state index contributed by atoms with van der Waals surface area (Å²) in [6, 6.07) is 7.69. The molecule has 1 amide bonds. The van der Waals surface area contributed by atoms with Gasteiger partial charge in [0.05, 0.1) is 5.69 Å². The van der Waals surface area contributed by atoms with Gasteiger partial charge in [-0.1, -0.05) is 26.0 Å². The quantitative estimate of drug-likeness (QED) is 0.527. The van der Waals surface area contributed by atoms with E-state index in [1.807, 2.05) is 45.0 Å². The molecule has 0 bridgehead atoms. The predicted molar refractivity (Wildman–Crippen MR) is 90.9 cm³/mol. The number of benzene rings is 1. The predicted octanol–water partition coefficient (Wildman–Crippen LogP) is 3.14. The Morgan fingerprint density at radius 1 is 1.09 bits per heavy atom. The van der Waals surface area contributed by atoms with Gasteiger partial charge in [-0.15, -0.1) is 0 Å². The molecular weight excluding hydrogens is 278 g/mol. The third-order valence-electron chi connectivity index (χ3n) is 3.23. The van der Waals surface area contributed by atoms with Crippen molar-refractivity contribution in [1.29, 1.82) is 0 Å². The van der Waals surface area contributed by atoms with Crippen LogP contribution < -0.4 is 10.9 Å². The maximum Gasteiger partial charge on any atom is 0.429 e. The number of carbonyl (C=O) groups is 1. The number of carbonyl (C=O) groups excluding carboxylic acids is 1. The Morgan fingerprint density at radius 3 is 2.00 bits per heavy atom. The summed E-state index contributed by atoms with van der Waals surface area (Å²) in [5, 5.41) is 1.04. The average Bonchev–Trinajstić information content (AvgIpc) is 2.34. The van der Waals surface area contributed by atoms with Crippen LogP contribution in [0, 0.1) is 0 Å². The average molecular weight is 307 g/mol. The third kappa shape index (κ3) is 5.31. The number of amides is 1. The van der Waals surface area contributed by atoms with Crippen LogP contribution in [0.5, 0.6) is 0 Å². The number of nitrogens with two attached hydrogens (primary N) is 1. The molecule has 124 valence electrons. The lowest BCUT2D eigenvalue weighted by molar-refractivity contribution is 0.0580. The van der Waals surface area contributed by atoms with Gasteiger partial charge in [0.2, 0.25) is 0 Å². The maximum atomic E-state index is 12.0. The summed E-state index contributed by atoms with van der Waals surface area (Å²) >= 11 is 0. The summed E-state index contributed by atoms with van der Waals surface area (Å²) < 4.78 is 5.26. The molecule has 0 saturated carbocycles. The molecular formula is C17H29N3O2. The highest BCUT2D eigenvalue weighted by Gasteiger charge is 2.23. The van der Waals surface area contributed by atoms with Crippen LogP contribution in [0.15, 0.2) is 24.3 Å². The van der Waals surface area contributed by atoms with E-state index in [1.165, 1.54) is 5.56 Å². The second-order valence-electron chi connectivity index (χ2n) is 7.52. The molecule has 5 nitrogen and oxygen atoms in total. The molecule has 1 aromatic carbocycles. The maximum absolute atomic E-state index is 12.0. The first-order valence-corrected chi connectivity index (χ1v) is 7.45. The molecule has 0 radical (unpaired) electrons. The van der Waals surface area contributed by atoms with Crippen molar-refractivity contribution in [3.63, 3.8) is 0 Å². The molecule has 5 heteroatoms. The molecule has 2 N–H and O–H groups in total. The minimum atomic E-state index is -0.567. The molecule has 0 heterocycles. The Morgan fingerprint density at radius 2 is 1.59 bits per heavy atom. The smallest absolute Gasteiger partial charge is 0.429 e. The molecule has 0 aliphatic carbocycles. The lowest BCUT2D eigenvalue weighted by Gasteiger charge is -2.29. The summed E-state index contributed by atoms with van der Waals surface area (Å²) in [5.74, 6) is 5.84. The Bertz CT molecular complexity index is 502. The van der Waals surface area contributed by atoms with Gasteiger partial charge in [0.15, 0.2) is 0 Å². The van der Waals surface area contributed by atoms with Crippen LogP contribution in [0.1, 0.15) is 40.2 Å². The third-order valence-corrected chi connectivity index (χ3v) is 3.23. The number of rotatable bonds is 4. The van der Waals surface area contributed by atoms with E-state index in [0.29, 0.717) is 5.69 Å². The summed E-state index contributed by atoms with van der Waals surface area (Å²) in [6.45, 7) is 10.7. The lowest BCUT2D eigenvalue weighted by Crippen LogP contribution is -2.41. The Hall–Kier alpha value is -1.59. The topological polar surface area (TPSA) is 58.8 Å². The van der Waals surface area contributed by atoms with Crippen molar-refractivity contribution < 1.29 is 9.53 Å². The standard InChI is InChI=1S/C17H29N3O2/c1-16(2,3)22-15(21)20(18)14-10-8-13(9-11-14)17(4,5)12-19(6)7/h8-11H,12,18H2,1-7H3. The van der Waals surface area contributed by atoms with Crippen molar-refractivity contribution in [2.24, 2.45) is 5.84 Å². The van der Waals surface area contributed by atoms with Crippen LogP contribution in [0.3, 0.4) is 0 Å². The highest BCUT2D eigenvalue weighted by molar-refractivity contribution is 5.86. The van der Waals surface area contributed by atoms with Gasteiger partial charge >= 0.3 is 6.09 Å². The van der Waals surface area contributed by atoms with E-state index in [1.54, 1.807) is 0 Å². The highest BCUT2D eigenvalue weighted by Crippen LogP contribution is 2.26. The molecule has 0 aliphatic heterocycles. The fraction of sp³-hybridized carbons (Fsp3) is 0.588. The van der Waals surface area contributed by atoms with Crippen molar-refractivity contribution in [1.82, 2.24) is 4.90 Å². The van der Waals surface area contributed by atoms with Crippen LogP contribution in [0.25, 0.3) is 0 Å². The van der Waals surface area contributed by atoms with Crippen LogP contribution in [0.4, 0.5) is 10.5 Å². The molecule has 0 saturated heterocycles. The fourth-order valence-corrected chi connectivity index (χ4v) is 2.37. The van der Waals surface area contributed by atoms with Crippen molar-refractivity contribution in [2.75, 3.05) is 25.6 Å². The first kappa shape index (κ1) is 18.5. The molecule has 0 aliphatic rings. The van der Waals surface area contributed by atoms with Crippen LogP contribution in [0.2, 0.25) is 0 Å². The number of anilines is 1. The minimum Gasteiger partial charge on any atom is -0.442 e. The fourth-order valence-electron chi connectivity index (χ4n) is 2.37. The monoisotopic (exact) mass is 307 g/mol. The second-order valence-corrected chi connectivity index (χ2v) is 7.52. The van der Waals surface area contributed by atoms with Crippen LogP contribution >= 0.6 is 0 Å². The molecule has 0 aromatic heterocycles. The van der Waals surface area contributed by atoms with Crippen LogP contribution in [-0.4, -0.2) is 37.2 Å². The van der Waals surface area contributed by atoms with E-state index >= 15 is 0 Å². The Balaban J connectivity index is 2.86. The molecule has 1 rings (SSSR count). The first-order chi connectivity index (χ1) is 9.92. The zero-order valence-corrected chi connectivity index (χ0v) is 14.8. The minimum absolute atomic E-state index is 0.0212. The summed E-state index contributed by atoms with van der Waals surface area (Å²) in [6.07, 6.45) is -0.562. The summed E-state index contributed by atoms with van der Waals surface area (Å²) in [4.78, 5) is 14.1. The number of hydrogen-bond acceptors (Lipinski definition) is 4. The zero-order valence-electron chi connectivity index (χ0n) is 14.8. The first-order valence-electron chi connectivity index (χ1n) is 7.45. The zero-order chi connectivity index (χ0) is 17.1. The van der Waals surface area contributed by atoms with E-state index in [-0.39, 0.29) is 5.41 Å². The number of nitrogens with zero attached hydrogens (tertiary/aromatic N) is 2. The van der Waals surface area contributed by atoms with Gasteiger partial charge in [0, 0.05) is 12.0 Å². The molecule has 0 fully saturated rings. The number of hydrogen-bond donors (Lipinski definition) is 1. The van der Waals surface area contributed by atoms with Gasteiger partial charge < -0.3 is 9.64 Å². The normalized spacial score (nSPS) is 12.4. The number of ether oxygens (including phenoxy) is 1. The largest absolute Gasteiger partial charge is 0.442 e. The molecule has 1 aromatic rings. The highest BCUT2D eigenvalue weighted by atomic mass is 16.6. The van der Waals surface area contributed by atoms with Crippen molar-refractivity contribution in [3.8, 4) is 0 Å². The van der Waals surface area contributed by atoms with Gasteiger partial charge in [0.1, 0.15) is 5.60 Å². The molecule has 22 heavy (non-hydrogen) atoms. The number of hydrazine groups is 1. The van der Waals surface area contributed by atoms with E-state index < -0.39 is 11.7 Å². The van der Waals surface area contributed by atoms with Crippen molar-refractivity contribution in [3.05, 3.63) is 29.8 Å². The van der Waals surface area contributed by atoms with E-state index in [2.05, 4.69) is 32.8 Å². The van der Waals surface area contributed by atoms with Gasteiger partial charge in [-0.05, 0) is 52.6 Å². The lowest BCUT2D eigenvalue weighted by atomic mass is 9.84. The van der Waals surface area contributed by atoms with Gasteiger partial charge in [0.25, 0.3) is 0 Å². The molecule has 0 unspecified atom stereocenters. The van der Waals surface area contributed by atoms with Crippen molar-refractivity contribution in [2.45, 2.75) is 45.6 Å². The Labute approximate surface area is 134 Å². The number of likely N-dealkylation sites (N-methyl/N-ethyl adjacent to an activating group) is 1. The van der Waals surface area contributed by atoms with E-state index in [0.717, 1.165) is 11.6 Å². The van der Waals surface area contributed by atoms with Crippen molar-refractivity contribution >= 4 is 11.8 Å². The summed E-state index contributed by atoms with van der Waals surface area (Å²) in [7, 11) is 4.11. The Kier molecular flexibility index (Phi) is 5.59. The molecule has 0 atom stereocenters. The molecule has 0 spiro atoms. The SMILES string of the molecule is CN(C)CC(C)(C)c1ccc(N(N)C(=O)OC(C)(C)C)cc1. The van der Waals surface area contributed by atoms with Gasteiger partial charge in [-0.2, -0.15) is 0 Å². The van der Waals surface area contributed by atoms with Crippen LogP contribution in [-0.2, 0) is 10.2 Å².